The fourth-order valence-electron chi connectivity index (χ4n) is 2.66. The van der Waals surface area contributed by atoms with E-state index in [1.807, 2.05) is 30.3 Å². The molecule has 0 aliphatic carbocycles. The topological polar surface area (TPSA) is 92.6 Å². The highest BCUT2D eigenvalue weighted by atomic mass is 16.6. The number of carbonyl (C=O) groups is 2. The summed E-state index contributed by atoms with van der Waals surface area (Å²) >= 11 is 0. The molecule has 1 N–H and O–H groups in total. The Morgan fingerprint density at radius 3 is 2.42 bits per heavy atom. The molecule has 0 aromatic heterocycles. The summed E-state index contributed by atoms with van der Waals surface area (Å²) in [5.41, 5.74) is 1.05. The fraction of sp³-hybridized carbons (Fsp3) is 0.176. The first kappa shape index (κ1) is 15.7. The van der Waals surface area contributed by atoms with Crippen LogP contribution >= 0.6 is 0 Å². The minimum atomic E-state index is -0.519. The Balaban J connectivity index is 1.65. The van der Waals surface area contributed by atoms with Gasteiger partial charge < -0.3 is 10.2 Å². The standard InChI is InChI=1S/C17H15N3O4/c21-16-10-13(11-19(16)14-4-2-1-3-5-14)18-17(22)12-6-8-15(9-7-12)20(23)24/h1-9,13H,10-11H2,(H,18,22). The predicted molar refractivity (Wildman–Crippen MR) is 87.8 cm³/mol. The van der Waals surface area contributed by atoms with E-state index >= 15 is 0 Å². The molecule has 1 aliphatic heterocycles. The van der Waals surface area contributed by atoms with Crippen LogP contribution in [-0.4, -0.2) is 29.3 Å². The van der Waals surface area contributed by atoms with Gasteiger partial charge in [0.25, 0.3) is 11.6 Å². The largest absolute Gasteiger partial charge is 0.347 e. The lowest BCUT2D eigenvalue weighted by Gasteiger charge is -2.17. The Labute approximate surface area is 138 Å². The molecule has 2 aromatic carbocycles. The minimum absolute atomic E-state index is 0.0461. The summed E-state index contributed by atoms with van der Waals surface area (Å²) in [4.78, 5) is 36.1. The van der Waals surface area contributed by atoms with Gasteiger partial charge in [0.15, 0.2) is 0 Å². The summed E-state index contributed by atoms with van der Waals surface area (Å²) < 4.78 is 0. The zero-order valence-electron chi connectivity index (χ0n) is 12.7. The van der Waals surface area contributed by atoms with Crippen molar-refractivity contribution in [1.29, 1.82) is 0 Å². The van der Waals surface area contributed by atoms with Gasteiger partial charge in [-0.25, -0.2) is 0 Å². The highest BCUT2D eigenvalue weighted by Crippen LogP contribution is 2.21. The Hall–Kier alpha value is -3.22. The first-order valence-electron chi connectivity index (χ1n) is 7.45. The quantitative estimate of drug-likeness (QED) is 0.688. The van der Waals surface area contributed by atoms with Gasteiger partial charge in [0.05, 0.1) is 11.0 Å². The van der Waals surface area contributed by atoms with Crippen molar-refractivity contribution >= 4 is 23.2 Å². The summed E-state index contributed by atoms with van der Waals surface area (Å²) in [5.74, 6) is -0.396. The van der Waals surface area contributed by atoms with E-state index in [1.54, 1.807) is 4.90 Å². The zero-order valence-corrected chi connectivity index (χ0v) is 12.7. The second kappa shape index (κ2) is 6.49. The maximum Gasteiger partial charge on any atom is 0.269 e. The van der Waals surface area contributed by atoms with Crippen molar-refractivity contribution < 1.29 is 14.5 Å². The molecule has 1 atom stereocenters. The number of carbonyl (C=O) groups excluding carboxylic acids is 2. The monoisotopic (exact) mass is 325 g/mol. The number of hydrogen-bond acceptors (Lipinski definition) is 4. The number of hydrogen-bond donors (Lipinski definition) is 1. The second-order valence-electron chi connectivity index (χ2n) is 5.52. The van der Waals surface area contributed by atoms with Crippen molar-refractivity contribution in [3.8, 4) is 0 Å². The van der Waals surface area contributed by atoms with Gasteiger partial charge in [-0.2, -0.15) is 0 Å². The fourth-order valence-corrected chi connectivity index (χ4v) is 2.66. The number of para-hydroxylation sites is 1. The molecule has 2 aromatic rings. The van der Waals surface area contributed by atoms with E-state index in [2.05, 4.69) is 5.32 Å². The number of nitro benzene ring substituents is 1. The molecule has 7 heteroatoms. The van der Waals surface area contributed by atoms with Crippen molar-refractivity contribution in [2.45, 2.75) is 12.5 Å². The van der Waals surface area contributed by atoms with Crippen LogP contribution in [0.5, 0.6) is 0 Å². The molecule has 0 bridgehead atoms. The third-order valence-electron chi connectivity index (χ3n) is 3.87. The van der Waals surface area contributed by atoms with Crippen molar-refractivity contribution in [2.75, 3.05) is 11.4 Å². The smallest absolute Gasteiger partial charge is 0.269 e. The van der Waals surface area contributed by atoms with E-state index in [0.29, 0.717) is 12.1 Å². The Morgan fingerprint density at radius 2 is 1.79 bits per heavy atom. The van der Waals surface area contributed by atoms with Gasteiger partial charge in [-0.1, -0.05) is 18.2 Å². The zero-order chi connectivity index (χ0) is 17.1. The molecule has 0 radical (unpaired) electrons. The van der Waals surface area contributed by atoms with Crippen LogP contribution in [0, 0.1) is 10.1 Å². The summed E-state index contributed by atoms with van der Waals surface area (Å²) in [5, 5.41) is 13.4. The van der Waals surface area contributed by atoms with Gasteiger partial charge in [0.1, 0.15) is 0 Å². The van der Waals surface area contributed by atoms with E-state index in [4.69, 9.17) is 0 Å². The normalized spacial score (nSPS) is 16.9. The number of benzene rings is 2. The third-order valence-corrected chi connectivity index (χ3v) is 3.87. The van der Waals surface area contributed by atoms with Gasteiger partial charge in [0, 0.05) is 36.3 Å². The number of non-ortho nitro benzene ring substituents is 1. The molecule has 3 rings (SSSR count). The molecular formula is C17H15N3O4. The molecule has 1 unspecified atom stereocenters. The summed E-state index contributed by atoms with van der Waals surface area (Å²) in [6, 6.07) is 14.3. The number of amides is 2. The summed E-state index contributed by atoms with van der Waals surface area (Å²) in [6.45, 7) is 0.404. The number of anilines is 1. The molecule has 1 aliphatic rings. The lowest BCUT2D eigenvalue weighted by atomic mass is 10.1. The van der Waals surface area contributed by atoms with Gasteiger partial charge in [0.2, 0.25) is 5.91 Å². The molecule has 7 nitrogen and oxygen atoms in total. The number of nitrogens with one attached hydrogen (secondary N) is 1. The first-order valence-corrected chi connectivity index (χ1v) is 7.45. The van der Waals surface area contributed by atoms with Gasteiger partial charge in [-0.05, 0) is 24.3 Å². The maximum atomic E-state index is 12.2. The van der Waals surface area contributed by atoms with Crippen molar-refractivity contribution in [3.05, 3.63) is 70.3 Å². The highest BCUT2D eigenvalue weighted by molar-refractivity contribution is 5.99. The van der Waals surface area contributed by atoms with Crippen LogP contribution in [0.25, 0.3) is 0 Å². The third kappa shape index (κ3) is 3.24. The lowest BCUT2D eigenvalue weighted by Crippen LogP contribution is -2.37. The van der Waals surface area contributed by atoms with E-state index in [0.717, 1.165) is 5.69 Å². The second-order valence-corrected chi connectivity index (χ2v) is 5.52. The van der Waals surface area contributed by atoms with E-state index in [-0.39, 0.29) is 30.0 Å². The van der Waals surface area contributed by atoms with Crippen molar-refractivity contribution in [3.63, 3.8) is 0 Å². The van der Waals surface area contributed by atoms with E-state index in [9.17, 15) is 19.7 Å². The van der Waals surface area contributed by atoms with Crippen LogP contribution in [0.1, 0.15) is 16.8 Å². The number of nitrogens with zero attached hydrogens (tertiary/aromatic N) is 2. The maximum absolute atomic E-state index is 12.2. The van der Waals surface area contributed by atoms with Crippen LogP contribution in [0.15, 0.2) is 54.6 Å². The molecule has 2 amide bonds. The van der Waals surface area contributed by atoms with Gasteiger partial charge in [-0.15, -0.1) is 0 Å². The molecule has 1 saturated heterocycles. The lowest BCUT2D eigenvalue weighted by molar-refractivity contribution is -0.384. The van der Waals surface area contributed by atoms with Crippen molar-refractivity contribution in [2.24, 2.45) is 0 Å². The summed E-state index contributed by atoms with van der Waals surface area (Å²) in [6.07, 6.45) is 0.230. The number of nitro groups is 1. The molecule has 122 valence electrons. The van der Waals surface area contributed by atoms with Gasteiger partial charge in [-0.3, -0.25) is 19.7 Å². The average molecular weight is 325 g/mol. The predicted octanol–water partition coefficient (Wildman–Crippen LogP) is 2.13. The van der Waals surface area contributed by atoms with Gasteiger partial charge >= 0.3 is 0 Å². The minimum Gasteiger partial charge on any atom is -0.347 e. The molecule has 1 heterocycles. The first-order chi connectivity index (χ1) is 11.5. The van der Waals surface area contributed by atoms with Crippen molar-refractivity contribution in [1.82, 2.24) is 5.32 Å². The summed E-state index contributed by atoms with van der Waals surface area (Å²) in [7, 11) is 0. The molecule has 0 spiro atoms. The van der Waals surface area contributed by atoms with Crippen LogP contribution in [-0.2, 0) is 4.79 Å². The Bertz CT molecular complexity index is 774. The molecule has 1 fully saturated rings. The molecule has 0 saturated carbocycles. The highest BCUT2D eigenvalue weighted by Gasteiger charge is 2.31. The van der Waals surface area contributed by atoms with E-state index < -0.39 is 4.92 Å². The molecular weight excluding hydrogens is 310 g/mol. The average Bonchev–Trinajstić information content (AvgIpc) is 2.96. The molecule has 24 heavy (non-hydrogen) atoms. The van der Waals surface area contributed by atoms with Crippen LogP contribution in [0.4, 0.5) is 11.4 Å². The van der Waals surface area contributed by atoms with Crippen LogP contribution in [0.2, 0.25) is 0 Å². The number of rotatable bonds is 4. The SMILES string of the molecule is O=C(NC1CC(=O)N(c2ccccc2)C1)c1ccc([N+](=O)[O-])cc1. The Kier molecular flexibility index (Phi) is 4.24. The van der Waals surface area contributed by atoms with Crippen LogP contribution in [0.3, 0.4) is 0 Å². The van der Waals surface area contributed by atoms with E-state index in [1.165, 1.54) is 24.3 Å². The van der Waals surface area contributed by atoms with Crippen LogP contribution < -0.4 is 10.2 Å². The Morgan fingerprint density at radius 1 is 1.12 bits per heavy atom.